The number of alkyl halides is 3. The van der Waals surface area contributed by atoms with Crippen molar-refractivity contribution in [2.24, 2.45) is 5.92 Å². The first-order valence-electron chi connectivity index (χ1n) is 6.14. The maximum absolute atomic E-state index is 12.7. The molecule has 18 heavy (non-hydrogen) atoms. The molecule has 1 aliphatic heterocycles. The zero-order valence-electron chi connectivity index (χ0n) is 10.3. The van der Waals surface area contributed by atoms with E-state index in [2.05, 4.69) is 15.5 Å². The molecule has 0 aliphatic carbocycles. The van der Waals surface area contributed by atoms with Gasteiger partial charge in [-0.25, -0.2) is 0 Å². The summed E-state index contributed by atoms with van der Waals surface area (Å²) in [5.41, 5.74) is 0. The molecule has 0 aromatic carbocycles. The number of fused-ring (bicyclic) bond motifs is 1. The van der Waals surface area contributed by atoms with Crippen LogP contribution in [0.15, 0.2) is 0 Å². The number of hydrogen-bond acceptors (Lipinski definition) is 3. The summed E-state index contributed by atoms with van der Waals surface area (Å²) in [7, 11) is 1.85. The Morgan fingerprint density at radius 2 is 2.17 bits per heavy atom. The molecule has 1 atom stereocenters. The Balaban J connectivity index is 2.07. The molecular formula is C11H17F3N4. The summed E-state index contributed by atoms with van der Waals surface area (Å²) in [5, 5.41) is 11.0. The lowest BCUT2D eigenvalue weighted by atomic mass is 9.98. The molecule has 0 fully saturated rings. The van der Waals surface area contributed by atoms with E-state index < -0.39 is 12.1 Å². The molecule has 2 rings (SSSR count). The zero-order chi connectivity index (χ0) is 13.2. The lowest BCUT2D eigenvalue weighted by molar-refractivity contribution is -0.182. The maximum Gasteiger partial charge on any atom is 0.393 e. The van der Waals surface area contributed by atoms with Crippen molar-refractivity contribution in [3.05, 3.63) is 11.6 Å². The quantitative estimate of drug-likeness (QED) is 0.837. The number of aromatic nitrogens is 3. The lowest BCUT2D eigenvalue weighted by Gasteiger charge is -2.26. The summed E-state index contributed by atoms with van der Waals surface area (Å²) in [6.45, 7) is 0.797. The van der Waals surface area contributed by atoms with Crippen LogP contribution >= 0.6 is 0 Å². The van der Waals surface area contributed by atoms with Crippen molar-refractivity contribution in [3.8, 4) is 0 Å². The van der Waals surface area contributed by atoms with Crippen LogP contribution in [0.5, 0.6) is 0 Å². The highest BCUT2D eigenvalue weighted by molar-refractivity contribution is 5.01. The van der Waals surface area contributed by atoms with E-state index in [1.807, 2.05) is 7.05 Å². The van der Waals surface area contributed by atoms with Gasteiger partial charge in [-0.05, 0) is 26.4 Å². The Labute approximate surface area is 104 Å². The van der Waals surface area contributed by atoms with Crippen LogP contribution in [0.2, 0.25) is 0 Å². The minimum Gasteiger partial charge on any atom is -0.320 e. The standard InChI is InChI=1S/C11H17F3N4/c1-15-6-2-3-9-16-17-10-5-4-8(7-18(9)10)11(12,13)14/h8,15H,2-7H2,1H3. The molecule has 4 nitrogen and oxygen atoms in total. The molecule has 0 saturated heterocycles. The third-order valence-electron chi connectivity index (χ3n) is 3.31. The first-order chi connectivity index (χ1) is 8.52. The van der Waals surface area contributed by atoms with Crippen molar-refractivity contribution in [1.82, 2.24) is 20.1 Å². The SMILES string of the molecule is CNCCCc1nnc2n1CC(C(F)(F)F)CC2. The van der Waals surface area contributed by atoms with E-state index >= 15 is 0 Å². The van der Waals surface area contributed by atoms with Crippen LogP contribution in [-0.2, 0) is 19.4 Å². The topological polar surface area (TPSA) is 42.7 Å². The smallest absolute Gasteiger partial charge is 0.320 e. The van der Waals surface area contributed by atoms with Crippen molar-refractivity contribution in [1.29, 1.82) is 0 Å². The van der Waals surface area contributed by atoms with Gasteiger partial charge in [0.15, 0.2) is 0 Å². The average Bonchev–Trinajstić information content (AvgIpc) is 2.71. The molecular weight excluding hydrogens is 245 g/mol. The van der Waals surface area contributed by atoms with E-state index in [4.69, 9.17) is 0 Å². The number of aryl methyl sites for hydroxylation is 2. The van der Waals surface area contributed by atoms with Crippen LogP contribution in [0.4, 0.5) is 13.2 Å². The molecule has 1 aromatic rings. The Morgan fingerprint density at radius 1 is 1.39 bits per heavy atom. The molecule has 0 amide bonds. The fourth-order valence-corrected chi connectivity index (χ4v) is 2.26. The highest BCUT2D eigenvalue weighted by atomic mass is 19.4. The molecule has 1 unspecified atom stereocenters. The first kappa shape index (κ1) is 13.3. The molecule has 0 bridgehead atoms. The predicted octanol–water partition coefficient (Wildman–Crippen LogP) is 1.55. The molecule has 0 spiro atoms. The van der Waals surface area contributed by atoms with Gasteiger partial charge in [0, 0.05) is 19.4 Å². The number of hydrogen-bond donors (Lipinski definition) is 1. The van der Waals surface area contributed by atoms with Crippen LogP contribution in [0.3, 0.4) is 0 Å². The normalized spacial score (nSPS) is 19.9. The summed E-state index contributed by atoms with van der Waals surface area (Å²) in [6, 6.07) is 0. The van der Waals surface area contributed by atoms with Gasteiger partial charge in [0.1, 0.15) is 11.6 Å². The van der Waals surface area contributed by atoms with Gasteiger partial charge >= 0.3 is 6.18 Å². The highest BCUT2D eigenvalue weighted by Gasteiger charge is 2.42. The maximum atomic E-state index is 12.7. The van der Waals surface area contributed by atoms with Gasteiger partial charge in [0.05, 0.1) is 5.92 Å². The van der Waals surface area contributed by atoms with Crippen LogP contribution in [0.25, 0.3) is 0 Å². The summed E-state index contributed by atoms with van der Waals surface area (Å²) in [4.78, 5) is 0. The lowest BCUT2D eigenvalue weighted by Crippen LogP contribution is -2.32. The first-order valence-corrected chi connectivity index (χ1v) is 6.14. The fraction of sp³-hybridized carbons (Fsp3) is 0.818. The third kappa shape index (κ3) is 2.82. The summed E-state index contributed by atoms with van der Waals surface area (Å²) < 4.78 is 39.8. The summed E-state index contributed by atoms with van der Waals surface area (Å²) in [5.74, 6) is 0.105. The Kier molecular flexibility index (Phi) is 3.89. The van der Waals surface area contributed by atoms with Crippen molar-refractivity contribution in [2.75, 3.05) is 13.6 Å². The summed E-state index contributed by atoms with van der Waals surface area (Å²) in [6.07, 6.45) is -2.12. The molecule has 7 heteroatoms. The fourth-order valence-electron chi connectivity index (χ4n) is 2.26. The van der Waals surface area contributed by atoms with Gasteiger partial charge in [0.2, 0.25) is 0 Å². The van der Waals surface area contributed by atoms with Gasteiger partial charge in [-0.3, -0.25) is 0 Å². The van der Waals surface area contributed by atoms with Gasteiger partial charge in [-0.2, -0.15) is 13.2 Å². The van der Waals surface area contributed by atoms with Crippen LogP contribution in [-0.4, -0.2) is 34.5 Å². The van der Waals surface area contributed by atoms with Crippen molar-refractivity contribution < 1.29 is 13.2 Å². The Hall–Kier alpha value is -1.11. The number of rotatable bonds is 4. The van der Waals surface area contributed by atoms with Crippen molar-refractivity contribution in [3.63, 3.8) is 0 Å². The number of halogens is 3. The second kappa shape index (κ2) is 5.26. The average molecular weight is 262 g/mol. The second-order valence-electron chi connectivity index (χ2n) is 4.63. The molecule has 1 aromatic heterocycles. The number of nitrogens with one attached hydrogen (secondary N) is 1. The summed E-state index contributed by atoms with van der Waals surface area (Å²) >= 11 is 0. The molecule has 102 valence electrons. The Morgan fingerprint density at radius 3 is 2.83 bits per heavy atom. The van der Waals surface area contributed by atoms with Gasteiger partial charge < -0.3 is 9.88 Å². The minimum absolute atomic E-state index is 0.0271. The van der Waals surface area contributed by atoms with Gasteiger partial charge in [0.25, 0.3) is 0 Å². The zero-order valence-corrected chi connectivity index (χ0v) is 10.3. The molecule has 1 aliphatic rings. The van der Waals surface area contributed by atoms with Crippen LogP contribution in [0, 0.1) is 5.92 Å². The van der Waals surface area contributed by atoms with Gasteiger partial charge in [-0.1, -0.05) is 0 Å². The van der Waals surface area contributed by atoms with Crippen molar-refractivity contribution >= 4 is 0 Å². The minimum atomic E-state index is -4.12. The van der Waals surface area contributed by atoms with Crippen molar-refractivity contribution in [2.45, 2.75) is 38.4 Å². The van der Waals surface area contributed by atoms with E-state index in [9.17, 15) is 13.2 Å². The molecule has 0 radical (unpaired) electrons. The third-order valence-corrected chi connectivity index (χ3v) is 3.31. The van der Waals surface area contributed by atoms with E-state index in [-0.39, 0.29) is 13.0 Å². The monoisotopic (exact) mass is 262 g/mol. The Bertz CT molecular complexity index is 399. The van der Waals surface area contributed by atoms with Crippen LogP contribution in [0.1, 0.15) is 24.5 Å². The molecule has 1 N–H and O–H groups in total. The largest absolute Gasteiger partial charge is 0.393 e. The number of nitrogens with zero attached hydrogens (tertiary/aromatic N) is 3. The molecule has 2 heterocycles. The van der Waals surface area contributed by atoms with E-state index in [0.29, 0.717) is 24.5 Å². The van der Waals surface area contributed by atoms with Gasteiger partial charge in [-0.15, -0.1) is 10.2 Å². The van der Waals surface area contributed by atoms with Crippen LogP contribution < -0.4 is 5.32 Å². The molecule has 0 saturated carbocycles. The van der Waals surface area contributed by atoms with E-state index in [1.54, 1.807) is 4.57 Å². The van der Waals surface area contributed by atoms with E-state index in [1.165, 1.54) is 0 Å². The predicted molar refractivity (Wildman–Crippen MR) is 60.1 cm³/mol. The second-order valence-corrected chi connectivity index (χ2v) is 4.63. The highest BCUT2D eigenvalue weighted by Crippen LogP contribution is 2.34. The van der Waals surface area contributed by atoms with E-state index in [0.717, 1.165) is 13.0 Å².